The lowest BCUT2D eigenvalue weighted by molar-refractivity contribution is -0.125. The predicted octanol–water partition coefficient (Wildman–Crippen LogP) is 0.979. The molecule has 3 rings (SSSR count). The molecule has 26 heavy (non-hydrogen) atoms. The topological polar surface area (TPSA) is 85.5 Å². The van der Waals surface area contributed by atoms with Gasteiger partial charge < -0.3 is 4.90 Å². The van der Waals surface area contributed by atoms with E-state index in [1.807, 2.05) is 61.5 Å². The molecule has 7 nitrogen and oxygen atoms in total. The average Bonchev–Trinajstić information content (AvgIpc) is 3.16. The van der Waals surface area contributed by atoms with Crippen molar-refractivity contribution in [2.24, 2.45) is 5.92 Å². The lowest BCUT2D eigenvalue weighted by Crippen LogP contribution is -2.46. The first-order valence-corrected chi connectivity index (χ1v) is 8.47. The summed E-state index contributed by atoms with van der Waals surface area (Å²) in [6, 6.07) is 16.8. The van der Waals surface area contributed by atoms with E-state index in [1.165, 1.54) is 0 Å². The van der Waals surface area contributed by atoms with Gasteiger partial charge in [0.15, 0.2) is 0 Å². The summed E-state index contributed by atoms with van der Waals surface area (Å²) in [7, 11) is 3.81. The van der Waals surface area contributed by atoms with E-state index in [-0.39, 0.29) is 23.8 Å². The summed E-state index contributed by atoms with van der Waals surface area (Å²) in [6.07, 6.45) is 0. The van der Waals surface area contributed by atoms with Gasteiger partial charge in [-0.2, -0.15) is 0 Å². The van der Waals surface area contributed by atoms with Crippen LogP contribution in [0.15, 0.2) is 54.6 Å². The van der Waals surface area contributed by atoms with E-state index >= 15 is 0 Å². The third-order valence-corrected chi connectivity index (χ3v) is 4.40. The minimum atomic E-state index is -0.350. The first-order valence-electron chi connectivity index (χ1n) is 8.47. The maximum atomic E-state index is 12.5. The van der Waals surface area contributed by atoms with Crippen molar-refractivity contribution in [1.29, 1.82) is 0 Å². The van der Waals surface area contributed by atoms with Gasteiger partial charge in [-0.3, -0.25) is 25.9 Å². The molecule has 0 aromatic heterocycles. The van der Waals surface area contributed by atoms with Gasteiger partial charge in [0, 0.05) is 31.9 Å². The fourth-order valence-electron chi connectivity index (χ4n) is 2.93. The number of hydrogen-bond donors (Lipinski definition) is 4. The molecule has 0 aliphatic carbocycles. The summed E-state index contributed by atoms with van der Waals surface area (Å²) in [6.45, 7) is 0.484. The highest BCUT2D eigenvalue weighted by molar-refractivity contribution is 5.96. The zero-order chi connectivity index (χ0) is 18.5. The zero-order valence-electron chi connectivity index (χ0n) is 14.8. The number of hydrazine groups is 2. The summed E-state index contributed by atoms with van der Waals surface area (Å²) >= 11 is 0. The molecule has 1 aliphatic heterocycles. The summed E-state index contributed by atoms with van der Waals surface area (Å²) < 4.78 is 0. The van der Waals surface area contributed by atoms with Crippen molar-refractivity contribution in [1.82, 2.24) is 21.7 Å². The molecular formula is C19H23N5O2. The second kappa shape index (κ2) is 7.99. The van der Waals surface area contributed by atoms with Crippen LogP contribution < -0.4 is 26.6 Å². The van der Waals surface area contributed by atoms with Crippen LogP contribution >= 0.6 is 0 Å². The second-order valence-corrected chi connectivity index (χ2v) is 6.41. The molecule has 0 saturated carbocycles. The van der Waals surface area contributed by atoms with Crippen molar-refractivity contribution < 1.29 is 9.59 Å². The Morgan fingerprint density at radius 1 is 1.04 bits per heavy atom. The first kappa shape index (κ1) is 17.9. The van der Waals surface area contributed by atoms with Gasteiger partial charge in [-0.25, -0.2) is 5.43 Å². The molecular weight excluding hydrogens is 330 g/mol. The van der Waals surface area contributed by atoms with Crippen LogP contribution in [0, 0.1) is 5.92 Å². The Balaban J connectivity index is 1.61. The van der Waals surface area contributed by atoms with Gasteiger partial charge >= 0.3 is 0 Å². The van der Waals surface area contributed by atoms with Gasteiger partial charge in [-0.1, -0.05) is 36.4 Å². The van der Waals surface area contributed by atoms with Crippen LogP contribution in [-0.4, -0.2) is 32.5 Å². The van der Waals surface area contributed by atoms with Crippen LogP contribution in [0.4, 0.5) is 5.69 Å². The molecule has 0 bridgehead atoms. The quantitative estimate of drug-likeness (QED) is 0.616. The number of hydrogen-bond acceptors (Lipinski definition) is 5. The molecule has 136 valence electrons. The Morgan fingerprint density at radius 2 is 1.81 bits per heavy atom. The third kappa shape index (κ3) is 4.01. The van der Waals surface area contributed by atoms with Crippen LogP contribution in [0.2, 0.25) is 0 Å². The molecule has 2 atom stereocenters. The number of rotatable bonds is 4. The lowest BCUT2D eigenvalue weighted by Gasteiger charge is -2.19. The van der Waals surface area contributed by atoms with Gasteiger partial charge in [0.25, 0.3) is 5.91 Å². The minimum absolute atomic E-state index is 0.148. The molecule has 1 fully saturated rings. The number of amides is 2. The van der Waals surface area contributed by atoms with Gasteiger partial charge in [-0.05, 0) is 23.8 Å². The normalized spacial score (nSPS) is 19.0. The Kier molecular flexibility index (Phi) is 5.50. The first-order chi connectivity index (χ1) is 12.6. The molecule has 4 N–H and O–H groups in total. The van der Waals surface area contributed by atoms with E-state index in [2.05, 4.69) is 21.7 Å². The summed E-state index contributed by atoms with van der Waals surface area (Å²) in [5.41, 5.74) is 13.6. The number of carbonyl (C=O) groups excluding carboxylic acids is 2. The average molecular weight is 353 g/mol. The van der Waals surface area contributed by atoms with Crippen molar-refractivity contribution >= 4 is 17.5 Å². The molecule has 2 aromatic carbocycles. The van der Waals surface area contributed by atoms with Crippen LogP contribution in [-0.2, 0) is 4.79 Å². The van der Waals surface area contributed by atoms with Gasteiger partial charge in [0.05, 0.1) is 12.0 Å². The van der Waals surface area contributed by atoms with Crippen molar-refractivity contribution in [2.45, 2.75) is 6.04 Å². The summed E-state index contributed by atoms with van der Waals surface area (Å²) in [4.78, 5) is 26.8. The van der Waals surface area contributed by atoms with E-state index in [9.17, 15) is 9.59 Å². The smallest absolute Gasteiger partial charge is 0.269 e. The van der Waals surface area contributed by atoms with E-state index < -0.39 is 0 Å². The number of nitrogens with zero attached hydrogens (tertiary/aromatic N) is 1. The molecule has 2 amide bonds. The summed E-state index contributed by atoms with van der Waals surface area (Å²) in [5.74, 6) is -0.920. The molecule has 1 saturated heterocycles. The number of carbonyl (C=O) groups is 2. The van der Waals surface area contributed by atoms with Gasteiger partial charge in [0.2, 0.25) is 5.91 Å². The predicted molar refractivity (Wildman–Crippen MR) is 100 cm³/mol. The molecule has 1 aliphatic rings. The highest BCUT2D eigenvalue weighted by Crippen LogP contribution is 2.24. The monoisotopic (exact) mass is 353 g/mol. The van der Waals surface area contributed by atoms with E-state index in [0.717, 1.165) is 11.3 Å². The largest absolute Gasteiger partial charge is 0.378 e. The van der Waals surface area contributed by atoms with Gasteiger partial charge in [0.1, 0.15) is 0 Å². The van der Waals surface area contributed by atoms with Crippen LogP contribution in [0.3, 0.4) is 0 Å². The molecule has 7 heteroatoms. The third-order valence-electron chi connectivity index (χ3n) is 4.40. The number of benzene rings is 2. The molecule has 0 spiro atoms. The van der Waals surface area contributed by atoms with Crippen LogP contribution in [0.1, 0.15) is 22.0 Å². The molecule has 1 heterocycles. The SMILES string of the molecule is CN(C)c1cccc(C(=O)NNC(=O)C2CNNC2c2ccccc2)c1. The van der Waals surface area contributed by atoms with Gasteiger partial charge in [-0.15, -0.1) is 0 Å². The van der Waals surface area contributed by atoms with Crippen LogP contribution in [0.25, 0.3) is 0 Å². The minimum Gasteiger partial charge on any atom is -0.378 e. The fourth-order valence-corrected chi connectivity index (χ4v) is 2.93. The highest BCUT2D eigenvalue weighted by atomic mass is 16.2. The lowest BCUT2D eigenvalue weighted by atomic mass is 9.94. The Hall–Kier alpha value is -2.90. The van der Waals surface area contributed by atoms with Crippen molar-refractivity contribution in [2.75, 3.05) is 25.5 Å². The number of anilines is 1. The maximum Gasteiger partial charge on any atom is 0.269 e. The van der Waals surface area contributed by atoms with E-state index in [1.54, 1.807) is 12.1 Å². The van der Waals surface area contributed by atoms with Crippen molar-refractivity contribution in [3.05, 3.63) is 65.7 Å². The van der Waals surface area contributed by atoms with Crippen LogP contribution in [0.5, 0.6) is 0 Å². The fraction of sp³-hybridized carbons (Fsp3) is 0.263. The maximum absolute atomic E-state index is 12.5. The molecule has 0 radical (unpaired) electrons. The standard InChI is InChI=1S/C19H23N5O2/c1-24(2)15-10-6-9-14(11-15)18(25)22-23-19(26)16-12-20-21-17(16)13-7-4-3-5-8-13/h3-11,16-17,20-21H,12H2,1-2H3,(H,22,25)(H,23,26). The summed E-state index contributed by atoms with van der Waals surface area (Å²) in [5, 5.41) is 0. The Bertz CT molecular complexity index is 779. The zero-order valence-corrected chi connectivity index (χ0v) is 14.8. The molecule has 2 unspecified atom stereocenters. The number of nitrogens with one attached hydrogen (secondary N) is 4. The van der Waals surface area contributed by atoms with Crippen molar-refractivity contribution in [3.8, 4) is 0 Å². The second-order valence-electron chi connectivity index (χ2n) is 6.41. The van der Waals surface area contributed by atoms with E-state index in [4.69, 9.17) is 0 Å². The highest BCUT2D eigenvalue weighted by Gasteiger charge is 2.34. The Morgan fingerprint density at radius 3 is 2.54 bits per heavy atom. The van der Waals surface area contributed by atoms with E-state index in [0.29, 0.717) is 12.1 Å². The molecule has 2 aromatic rings. The Labute approximate surface area is 152 Å². The van der Waals surface area contributed by atoms with Crippen molar-refractivity contribution in [3.63, 3.8) is 0 Å².